The molecule has 0 saturated heterocycles. The van der Waals surface area contributed by atoms with E-state index in [1.165, 1.54) is 71.7 Å². The van der Waals surface area contributed by atoms with Crippen LogP contribution in [0.5, 0.6) is 0 Å². The SMILES string of the molecule is c1ccc(-c2ccc([NH+](c3ccccc3)c3ccc(-c4ccc(-n5c6ccccc6c6ccccc65)cc4)cc3)cc2)cc1. The molecule has 2 heteroatoms. The molecule has 0 aliphatic heterocycles. The highest BCUT2D eigenvalue weighted by Crippen LogP contribution is 2.33. The number of nitrogens with one attached hydrogen (secondary N) is 1. The Morgan fingerprint density at radius 1 is 0.295 bits per heavy atom. The van der Waals surface area contributed by atoms with E-state index >= 15 is 0 Å². The smallest absolute Gasteiger partial charge is 0.141 e. The second-order valence-corrected chi connectivity index (χ2v) is 11.2. The van der Waals surface area contributed by atoms with Gasteiger partial charge in [-0.1, -0.05) is 97.1 Å². The highest BCUT2D eigenvalue weighted by atomic mass is 15.1. The summed E-state index contributed by atoms with van der Waals surface area (Å²) in [5, 5.41) is 2.56. The van der Waals surface area contributed by atoms with Crippen LogP contribution in [0.15, 0.2) is 182 Å². The fourth-order valence-electron chi connectivity index (χ4n) is 6.40. The van der Waals surface area contributed by atoms with Gasteiger partial charge in [-0.25, -0.2) is 4.90 Å². The Hall–Kier alpha value is -5.70. The molecule has 0 bridgehead atoms. The van der Waals surface area contributed by atoms with Crippen LogP contribution in [0.3, 0.4) is 0 Å². The summed E-state index contributed by atoms with van der Waals surface area (Å²) in [6.07, 6.45) is 0. The number of hydrogen-bond donors (Lipinski definition) is 1. The van der Waals surface area contributed by atoms with E-state index in [-0.39, 0.29) is 0 Å². The van der Waals surface area contributed by atoms with Gasteiger partial charge < -0.3 is 4.57 Å². The van der Waals surface area contributed by atoms with Crippen molar-refractivity contribution in [3.63, 3.8) is 0 Å². The molecule has 208 valence electrons. The Balaban J connectivity index is 1.12. The van der Waals surface area contributed by atoms with Crippen LogP contribution in [0.1, 0.15) is 0 Å². The zero-order valence-corrected chi connectivity index (χ0v) is 24.3. The van der Waals surface area contributed by atoms with Gasteiger partial charge in [0.1, 0.15) is 17.1 Å². The van der Waals surface area contributed by atoms with Gasteiger partial charge in [-0.15, -0.1) is 0 Å². The highest BCUT2D eigenvalue weighted by Gasteiger charge is 2.19. The van der Waals surface area contributed by atoms with Crippen molar-refractivity contribution in [2.24, 2.45) is 0 Å². The first-order valence-corrected chi connectivity index (χ1v) is 15.1. The highest BCUT2D eigenvalue weighted by molar-refractivity contribution is 6.09. The summed E-state index contributed by atoms with van der Waals surface area (Å²) >= 11 is 0. The lowest BCUT2D eigenvalue weighted by molar-refractivity contribution is -0.681. The summed E-state index contributed by atoms with van der Waals surface area (Å²) in [6.45, 7) is 0. The van der Waals surface area contributed by atoms with Crippen LogP contribution in [0, 0.1) is 0 Å². The molecule has 7 aromatic carbocycles. The van der Waals surface area contributed by atoms with Gasteiger partial charge in [0.05, 0.1) is 11.0 Å². The lowest BCUT2D eigenvalue weighted by atomic mass is 10.0. The van der Waals surface area contributed by atoms with Crippen molar-refractivity contribution in [2.45, 2.75) is 0 Å². The summed E-state index contributed by atoms with van der Waals surface area (Å²) < 4.78 is 2.36. The van der Waals surface area contributed by atoms with Crippen molar-refractivity contribution in [1.29, 1.82) is 0 Å². The molecule has 0 spiro atoms. The van der Waals surface area contributed by atoms with E-state index < -0.39 is 0 Å². The molecule has 0 amide bonds. The predicted octanol–water partition coefficient (Wildman–Crippen LogP) is 10.3. The van der Waals surface area contributed by atoms with Gasteiger partial charge in [0.15, 0.2) is 0 Å². The van der Waals surface area contributed by atoms with Crippen LogP contribution in [0.2, 0.25) is 0 Å². The first-order chi connectivity index (χ1) is 21.8. The average Bonchev–Trinajstić information content (AvgIpc) is 3.44. The predicted molar refractivity (Wildman–Crippen MR) is 184 cm³/mol. The quantitative estimate of drug-likeness (QED) is 0.206. The van der Waals surface area contributed by atoms with E-state index in [4.69, 9.17) is 0 Å². The number of benzene rings is 7. The number of hydrogen-bond acceptors (Lipinski definition) is 0. The monoisotopic (exact) mass is 563 g/mol. The summed E-state index contributed by atoms with van der Waals surface area (Å²) in [6, 6.07) is 65.4. The molecule has 2 nitrogen and oxygen atoms in total. The van der Waals surface area contributed by atoms with Crippen LogP contribution >= 0.6 is 0 Å². The van der Waals surface area contributed by atoms with Crippen LogP contribution in [0.25, 0.3) is 49.7 Å². The van der Waals surface area contributed by atoms with Crippen LogP contribution in [-0.2, 0) is 0 Å². The molecule has 0 saturated carbocycles. The van der Waals surface area contributed by atoms with E-state index in [0.717, 1.165) is 0 Å². The first kappa shape index (κ1) is 26.0. The maximum Gasteiger partial charge on any atom is 0.141 e. The number of nitrogens with zero attached hydrogens (tertiary/aromatic N) is 1. The molecule has 44 heavy (non-hydrogen) atoms. The zero-order chi connectivity index (χ0) is 29.3. The second-order valence-electron chi connectivity index (χ2n) is 11.2. The lowest BCUT2D eigenvalue weighted by Gasteiger charge is -2.19. The fourth-order valence-corrected chi connectivity index (χ4v) is 6.40. The largest absolute Gasteiger partial charge is 0.309 e. The minimum absolute atomic E-state index is 1.17. The van der Waals surface area contributed by atoms with Gasteiger partial charge in [0.25, 0.3) is 0 Å². The molecule has 8 aromatic rings. The van der Waals surface area contributed by atoms with Crippen molar-refractivity contribution in [3.8, 4) is 27.9 Å². The molecule has 8 rings (SSSR count). The van der Waals surface area contributed by atoms with Crippen molar-refractivity contribution in [1.82, 2.24) is 4.57 Å². The number of para-hydroxylation sites is 3. The van der Waals surface area contributed by atoms with E-state index in [1.54, 1.807) is 0 Å². The van der Waals surface area contributed by atoms with Crippen molar-refractivity contribution in [3.05, 3.63) is 182 Å². The summed E-state index contributed by atoms with van der Waals surface area (Å²) in [7, 11) is 0. The molecule has 0 radical (unpaired) electrons. The number of aromatic nitrogens is 1. The van der Waals surface area contributed by atoms with Crippen LogP contribution in [-0.4, -0.2) is 4.57 Å². The third-order valence-corrected chi connectivity index (χ3v) is 8.56. The third kappa shape index (κ3) is 4.68. The van der Waals surface area contributed by atoms with E-state index in [9.17, 15) is 0 Å². The van der Waals surface area contributed by atoms with Crippen LogP contribution < -0.4 is 4.90 Å². The first-order valence-electron chi connectivity index (χ1n) is 15.1. The lowest BCUT2D eigenvalue weighted by Crippen LogP contribution is -2.96. The zero-order valence-electron chi connectivity index (χ0n) is 24.3. The molecule has 1 atom stereocenters. The van der Waals surface area contributed by atoms with Gasteiger partial charge in [-0.05, 0) is 82.9 Å². The Kier molecular flexibility index (Phi) is 6.60. The molecule has 0 fully saturated rings. The normalized spacial score (nSPS) is 12.0. The van der Waals surface area contributed by atoms with Gasteiger partial charge in [0, 0.05) is 40.7 Å². The molecule has 1 heterocycles. The summed E-state index contributed by atoms with van der Waals surface area (Å²) in [5.74, 6) is 0. The Morgan fingerprint density at radius 2 is 0.659 bits per heavy atom. The molecule has 0 aliphatic carbocycles. The van der Waals surface area contributed by atoms with Gasteiger partial charge in [0.2, 0.25) is 0 Å². The van der Waals surface area contributed by atoms with Crippen molar-refractivity contribution < 1.29 is 4.90 Å². The van der Waals surface area contributed by atoms with Gasteiger partial charge in [-0.2, -0.15) is 0 Å². The Bertz CT molecular complexity index is 2120. The molecule has 0 aliphatic rings. The van der Waals surface area contributed by atoms with Crippen LogP contribution in [0.4, 0.5) is 17.1 Å². The maximum atomic E-state index is 2.36. The summed E-state index contributed by atoms with van der Waals surface area (Å²) in [5.41, 5.74) is 12.1. The third-order valence-electron chi connectivity index (χ3n) is 8.56. The second kappa shape index (κ2) is 11.2. The van der Waals surface area contributed by atoms with E-state index in [1.807, 2.05) is 0 Å². The minimum Gasteiger partial charge on any atom is -0.309 e. The molecule has 1 N–H and O–H groups in total. The van der Waals surface area contributed by atoms with Gasteiger partial charge in [-0.3, -0.25) is 0 Å². The standard InChI is InChI=1S/C42H30N2/c1-3-11-31(12-4-1)32-19-25-36(26-20-32)43(35-13-5-2-6-14-35)37-27-21-33(22-28-37)34-23-29-38(30-24-34)44-41-17-9-7-15-39(41)40-16-8-10-18-42(40)44/h1-30H/p+1. The number of fused-ring (bicyclic) bond motifs is 3. The molecule has 1 unspecified atom stereocenters. The minimum atomic E-state index is 1.17. The fraction of sp³-hybridized carbons (Fsp3) is 0. The Labute approximate surface area is 257 Å². The summed E-state index contributed by atoms with van der Waals surface area (Å²) in [4.78, 5) is 1.23. The topological polar surface area (TPSA) is 9.37 Å². The van der Waals surface area contributed by atoms with E-state index in [0.29, 0.717) is 0 Å². The Morgan fingerprint density at radius 3 is 1.16 bits per heavy atom. The van der Waals surface area contributed by atoms with Crippen molar-refractivity contribution >= 4 is 38.9 Å². The number of quaternary nitrogens is 1. The maximum absolute atomic E-state index is 2.36. The van der Waals surface area contributed by atoms with E-state index in [2.05, 4.69) is 187 Å². The molecule has 1 aromatic heterocycles. The van der Waals surface area contributed by atoms with Crippen molar-refractivity contribution in [2.75, 3.05) is 0 Å². The molecular weight excluding hydrogens is 532 g/mol. The average molecular weight is 564 g/mol. The molecular formula is C42H31N2+. The van der Waals surface area contributed by atoms with Gasteiger partial charge >= 0.3 is 0 Å². The number of rotatable bonds is 6.